The number of halogens is 1. The minimum absolute atomic E-state index is 0.313. The molecule has 0 saturated carbocycles. The van der Waals surface area contributed by atoms with E-state index < -0.39 is 5.97 Å². The monoisotopic (exact) mass is 318 g/mol. The van der Waals surface area contributed by atoms with Gasteiger partial charge in [0.2, 0.25) is 0 Å². The van der Waals surface area contributed by atoms with Gasteiger partial charge in [-0.05, 0) is 35.4 Å². The van der Waals surface area contributed by atoms with Crippen molar-refractivity contribution in [3.05, 3.63) is 96.3 Å². The molecule has 0 atom stereocenters. The highest BCUT2D eigenvalue weighted by Crippen LogP contribution is 2.29. The third-order valence-corrected chi connectivity index (χ3v) is 3.46. The summed E-state index contributed by atoms with van der Waals surface area (Å²) in [5.74, 6) is -0.299. The first-order valence-corrected chi connectivity index (χ1v) is 7.52. The Morgan fingerprint density at radius 2 is 1.50 bits per heavy atom. The normalized spacial score (nSPS) is 10.7. The molecule has 3 aromatic carbocycles. The van der Waals surface area contributed by atoms with Crippen LogP contribution in [0.1, 0.15) is 5.56 Å². The van der Waals surface area contributed by atoms with Gasteiger partial charge in [-0.2, -0.15) is 0 Å². The zero-order chi connectivity index (χ0) is 16.8. The summed E-state index contributed by atoms with van der Waals surface area (Å²) < 4.78 is 18.3. The molecule has 0 saturated heterocycles. The van der Waals surface area contributed by atoms with Crippen LogP contribution in [0.15, 0.2) is 84.9 Å². The number of esters is 1. The second-order valence-electron chi connectivity index (χ2n) is 5.17. The molecule has 2 nitrogen and oxygen atoms in total. The fraction of sp³-hybridized carbons (Fsp3) is 0. The van der Waals surface area contributed by atoms with Crippen LogP contribution in [-0.2, 0) is 4.79 Å². The Labute approximate surface area is 139 Å². The van der Waals surface area contributed by atoms with E-state index in [9.17, 15) is 9.18 Å². The van der Waals surface area contributed by atoms with Gasteiger partial charge in [0.1, 0.15) is 11.6 Å². The highest BCUT2D eigenvalue weighted by molar-refractivity contribution is 5.90. The molecule has 3 aromatic rings. The standard InChI is InChI=1S/C21H15FO2/c22-18-13-10-16(11-14-18)12-15-21(23)24-20-9-5-4-8-19(20)17-6-2-1-3-7-17/h1-15H/b15-12+. The van der Waals surface area contributed by atoms with Crippen molar-refractivity contribution >= 4 is 12.0 Å². The zero-order valence-electron chi connectivity index (χ0n) is 12.9. The van der Waals surface area contributed by atoms with Crippen LogP contribution in [0.25, 0.3) is 17.2 Å². The van der Waals surface area contributed by atoms with E-state index in [1.807, 2.05) is 48.5 Å². The van der Waals surface area contributed by atoms with Crippen molar-refractivity contribution in [2.24, 2.45) is 0 Å². The van der Waals surface area contributed by atoms with Crippen LogP contribution in [0, 0.1) is 5.82 Å². The lowest BCUT2D eigenvalue weighted by Crippen LogP contribution is -2.04. The molecule has 3 rings (SSSR count). The molecule has 0 radical (unpaired) electrons. The molecule has 0 aliphatic heterocycles. The summed E-state index contributed by atoms with van der Waals surface area (Å²) in [7, 11) is 0. The second-order valence-corrected chi connectivity index (χ2v) is 5.17. The lowest BCUT2D eigenvalue weighted by Gasteiger charge is -2.08. The summed E-state index contributed by atoms with van der Waals surface area (Å²) in [6.45, 7) is 0. The molecule has 0 aromatic heterocycles. The molecule has 0 fully saturated rings. The van der Waals surface area contributed by atoms with Gasteiger partial charge >= 0.3 is 5.97 Å². The molecule has 0 amide bonds. The largest absolute Gasteiger partial charge is 0.423 e. The molecule has 0 spiro atoms. The number of hydrogen-bond donors (Lipinski definition) is 0. The van der Waals surface area contributed by atoms with Crippen LogP contribution in [0.2, 0.25) is 0 Å². The van der Waals surface area contributed by atoms with Crippen LogP contribution >= 0.6 is 0 Å². The number of carbonyl (C=O) groups is 1. The Hall–Kier alpha value is -3.20. The summed E-state index contributed by atoms with van der Waals surface area (Å²) in [5, 5.41) is 0. The minimum Gasteiger partial charge on any atom is -0.423 e. The predicted molar refractivity (Wildman–Crippen MR) is 92.9 cm³/mol. The maximum Gasteiger partial charge on any atom is 0.336 e. The van der Waals surface area contributed by atoms with Gasteiger partial charge in [-0.1, -0.05) is 60.7 Å². The molecule has 0 heterocycles. The smallest absolute Gasteiger partial charge is 0.336 e. The molecule has 24 heavy (non-hydrogen) atoms. The summed E-state index contributed by atoms with van der Waals surface area (Å²) in [5.41, 5.74) is 2.55. The van der Waals surface area contributed by atoms with Crippen LogP contribution < -0.4 is 4.74 Å². The fourth-order valence-electron chi connectivity index (χ4n) is 2.29. The molecule has 0 N–H and O–H groups in total. The van der Waals surface area contributed by atoms with Gasteiger partial charge in [0.05, 0.1) is 0 Å². The van der Waals surface area contributed by atoms with Gasteiger partial charge in [0.15, 0.2) is 0 Å². The van der Waals surface area contributed by atoms with Crippen LogP contribution in [0.4, 0.5) is 4.39 Å². The Morgan fingerprint density at radius 3 is 2.25 bits per heavy atom. The first kappa shape index (κ1) is 15.7. The summed E-state index contributed by atoms with van der Waals surface area (Å²) in [6.07, 6.45) is 2.92. The van der Waals surface area contributed by atoms with Crippen LogP contribution in [0.3, 0.4) is 0 Å². The Balaban J connectivity index is 1.76. The topological polar surface area (TPSA) is 26.3 Å². The average Bonchev–Trinajstić information content (AvgIpc) is 2.62. The van der Waals surface area contributed by atoms with E-state index in [0.29, 0.717) is 5.75 Å². The molecular weight excluding hydrogens is 303 g/mol. The molecule has 0 aliphatic carbocycles. The zero-order valence-corrected chi connectivity index (χ0v) is 12.9. The fourth-order valence-corrected chi connectivity index (χ4v) is 2.29. The van der Waals surface area contributed by atoms with Gasteiger partial charge in [0.25, 0.3) is 0 Å². The van der Waals surface area contributed by atoms with Crippen molar-refractivity contribution in [2.75, 3.05) is 0 Å². The van der Waals surface area contributed by atoms with Crippen molar-refractivity contribution in [1.29, 1.82) is 0 Å². The van der Waals surface area contributed by atoms with E-state index in [2.05, 4.69) is 0 Å². The van der Waals surface area contributed by atoms with E-state index in [1.165, 1.54) is 18.2 Å². The van der Waals surface area contributed by atoms with E-state index >= 15 is 0 Å². The van der Waals surface area contributed by atoms with Crippen LogP contribution in [0.5, 0.6) is 5.75 Å². The number of ether oxygens (including phenoxy) is 1. The molecule has 118 valence electrons. The molecule has 0 unspecified atom stereocenters. The first-order chi connectivity index (χ1) is 11.7. The summed E-state index contributed by atoms with van der Waals surface area (Å²) in [4.78, 5) is 12.1. The van der Waals surface area contributed by atoms with Crippen molar-refractivity contribution in [1.82, 2.24) is 0 Å². The first-order valence-electron chi connectivity index (χ1n) is 7.52. The summed E-state index contributed by atoms with van der Waals surface area (Å²) >= 11 is 0. The van der Waals surface area contributed by atoms with Crippen molar-refractivity contribution in [2.45, 2.75) is 0 Å². The third-order valence-electron chi connectivity index (χ3n) is 3.46. The van der Waals surface area contributed by atoms with E-state index in [0.717, 1.165) is 16.7 Å². The van der Waals surface area contributed by atoms with E-state index in [4.69, 9.17) is 4.74 Å². The molecule has 0 aliphatic rings. The van der Waals surface area contributed by atoms with Crippen molar-refractivity contribution in [3.63, 3.8) is 0 Å². The van der Waals surface area contributed by atoms with Gasteiger partial charge in [-0.15, -0.1) is 0 Å². The molecular formula is C21H15FO2. The van der Waals surface area contributed by atoms with Gasteiger partial charge in [-0.25, -0.2) is 9.18 Å². The number of hydrogen-bond acceptors (Lipinski definition) is 2. The van der Waals surface area contributed by atoms with E-state index in [-0.39, 0.29) is 5.82 Å². The van der Waals surface area contributed by atoms with Crippen molar-refractivity contribution < 1.29 is 13.9 Å². The highest BCUT2D eigenvalue weighted by atomic mass is 19.1. The summed E-state index contributed by atoms with van der Waals surface area (Å²) in [6, 6.07) is 23.0. The maximum atomic E-state index is 12.9. The lowest BCUT2D eigenvalue weighted by molar-refractivity contribution is -0.128. The average molecular weight is 318 g/mol. The Kier molecular flexibility index (Phi) is 4.82. The third kappa shape index (κ3) is 3.96. The van der Waals surface area contributed by atoms with E-state index in [1.54, 1.807) is 24.3 Å². The predicted octanol–water partition coefficient (Wildman–Crippen LogP) is 5.11. The van der Waals surface area contributed by atoms with Gasteiger partial charge < -0.3 is 4.74 Å². The van der Waals surface area contributed by atoms with Gasteiger partial charge in [-0.3, -0.25) is 0 Å². The number of rotatable bonds is 4. The quantitative estimate of drug-likeness (QED) is 0.379. The van der Waals surface area contributed by atoms with Crippen molar-refractivity contribution in [3.8, 4) is 16.9 Å². The maximum absolute atomic E-state index is 12.9. The lowest BCUT2D eigenvalue weighted by atomic mass is 10.1. The number of benzene rings is 3. The second kappa shape index (κ2) is 7.38. The van der Waals surface area contributed by atoms with Gasteiger partial charge in [0, 0.05) is 11.6 Å². The minimum atomic E-state index is -0.484. The SMILES string of the molecule is O=C(/C=C/c1ccc(F)cc1)Oc1ccccc1-c1ccccc1. The Morgan fingerprint density at radius 1 is 0.833 bits per heavy atom. The molecule has 0 bridgehead atoms. The highest BCUT2D eigenvalue weighted by Gasteiger charge is 2.08. The van der Waals surface area contributed by atoms with Crippen LogP contribution in [-0.4, -0.2) is 5.97 Å². The number of carbonyl (C=O) groups excluding carboxylic acids is 1. The molecule has 3 heteroatoms. The number of para-hydroxylation sites is 1. The Bertz CT molecular complexity index is 853.